The van der Waals surface area contributed by atoms with Crippen LogP contribution in [0.25, 0.3) is 10.2 Å². The molecule has 0 spiro atoms. The van der Waals surface area contributed by atoms with Crippen LogP contribution in [0.15, 0.2) is 24.4 Å². The lowest BCUT2D eigenvalue weighted by atomic mass is 10.0. The molecule has 1 aliphatic heterocycles. The van der Waals surface area contributed by atoms with Gasteiger partial charge < -0.3 is 15.0 Å². The van der Waals surface area contributed by atoms with Gasteiger partial charge in [-0.3, -0.25) is 4.79 Å². The molecule has 1 amide bonds. The van der Waals surface area contributed by atoms with E-state index in [9.17, 15) is 4.79 Å². The number of nitrogens with zero attached hydrogens (tertiary/aromatic N) is 3. The summed E-state index contributed by atoms with van der Waals surface area (Å²) < 4.78 is 6.34. The summed E-state index contributed by atoms with van der Waals surface area (Å²) in [5, 5.41) is 4.51. The van der Waals surface area contributed by atoms with E-state index in [0.29, 0.717) is 18.2 Å². The van der Waals surface area contributed by atoms with Gasteiger partial charge in [-0.1, -0.05) is 11.3 Å². The highest BCUT2D eigenvalue weighted by molar-refractivity contribution is 7.22. The molecule has 1 fully saturated rings. The lowest BCUT2D eigenvalue weighted by molar-refractivity contribution is -0.120. The Hall–Kier alpha value is -2.19. The number of benzene rings is 1. The van der Waals surface area contributed by atoms with Crippen LogP contribution >= 0.6 is 22.7 Å². The fraction of sp³-hybridized carbons (Fsp3) is 0.312. The van der Waals surface area contributed by atoms with Gasteiger partial charge >= 0.3 is 0 Å². The van der Waals surface area contributed by atoms with Crippen LogP contribution in [0.2, 0.25) is 0 Å². The zero-order valence-electron chi connectivity index (χ0n) is 13.3. The summed E-state index contributed by atoms with van der Waals surface area (Å²) in [5.74, 6) is 0.844. The standard InChI is InChI=1S/C16H16N4O2S2/c1-9-6-17-15(23-9)19-14(21)10-7-20(8-10)16-18-12-4-3-11(22-2)5-13(12)24-16/h3-6,10H,7-8H2,1-2H3,(H,17,19,21). The number of carbonyl (C=O) groups excluding carboxylic acids is 1. The second kappa shape index (κ2) is 6.03. The van der Waals surface area contributed by atoms with Gasteiger partial charge in [0.15, 0.2) is 10.3 Å². The number of anilines is 2. The number of aromatic nitrogens is 2. The maximum Gasteiger partial charge on any atom is 0.232 e. The number of fused-ring (bicyclic) bond motifs is 1. The largest absolute Gasteiger partial charge is 0.497 e. The SMILES string of the molecule is COc1ccc2nc(N3CC(C(=O)Nc4ncc(C)s4)C3)sc2c1. The minimum absolute atomic E-state index is 0.0178. The Balaban J connectivity index is 1.40. The lowest BCUT2D eigenvalue weighted by Gasteiger charge is -2.37. The number of hydrogen-bond acceptors (Lipinski definition) is 7. The van der Waals surface area contributed by atoms with Crippen LogP contribution in [0.3, 0.4) is 0 Å². The summed E-state index contributed by atoms with van der Waals surface area (Å²) in [5.41, 5.74) is 0.960. The Morgan fingerprint density at radius 1 is 1.38 bits per heavy atom. The predicted molar refractivity (Wildman–Crippen MR) is 97.4 cm³/mol. The summed E-state index contributed by atoms with van der Waals surface area (Å²) in [6, 6.07) is 5.86. The van der Waals surface area contributed by atoms with Crippen LogP contribution in [0.1, 0.15) is 4.88 Å². The van der Waals surface area contributed by atoms with Crippen molar-refractivity contribution in [2.24, 2.45) is 5.92 Å². The van der Waals surface area contributed by atoms with Crippen LogP contribution in [0.4, 0.5) is 10.3 Å². The van der Waals surface area contributed by atoms with Crippen molar-refractivity contribution in [3.05, 3.63) is 29.3 Å². The average Bonchev–Trinajstić information content (AvgIpc) is 3.10. The second-order valence-electron chi connectivity index (χ2n) is 5.70. The van der Waals surface area contributed by atoms with E-state index in [1.807, 2.05) is 25.1 Å². The molecule has 1 N–H and O–H groups in total. The number of ether oxygens (including phenoxy) is 1. The minimum atomic E-state index is -0.0178. The van der Waals surface area contributed by atoms with Crippen molar-refractivity contribution in [1.29, 1.82) is 0 Å². The van der Waals surface area contributed by atoms with Gasteiger partial charge in [-0.15, -0.1) is 11.3 Å². The normalized spacial score (nSPS) is 14.7. The van der Waals surface area contributed by atoms with Crippen molar-refractivity contribution >= 4 is 49.1 Å². The number of rotatable bonds is 4. The first-order chi connectivity index (χ1) is 11.6. The third kappa shape index (κ3) is 2.83. The summed E-state index contributed by atoms with van der Waals surface area (Å²) >= 11 is 3.12. The molecule has 0 atom stereocenters. The molecule has 6 nitrogen and oxygen atoms in total. The molecule has 8 heteroatoms. The molecule has 0 saturated carbocycles. The number of nitrogens with one attached hydrogen (secondary N) is 1. The highest BCUT2D eigenvalue weighted by Crippen LogP contribution is 2.34. The summed E-state index contributed by atoms with van der Waals surface area (Å²) in [7, 11) is 1.66. The zero-order chi connectivity index (χ0) is 16.7. The number of amides is 1. The molecule has 1 aromatic carbocycles. The third-order valence-electron chi connectivity index (χ3n) is 3.96. The van der Waals surface area contributed by atoms with Crippen molar-refractivity contribution in [2.75, 3.05) is 30.4 Å². The number of methoxy groups -OCH3 is 1. The van der Waals surface area contributed by atoms with Gasteiger partial charge in [0, 0.05) is 24.2 Å². The van der Waals surface area contributed by atoms with E-state index >= 15 is 0 Å². The Labute approximate surface area is 147 Å². The maximum absolute atomic E-state index is 12.2. The van der Waals surface area contributed by atoms with Crippen molar-refractivity contribution in [3.8, 4) is 5.75 Å². The summed E-state index contributed by atoms with van der Waals surface area (Å²) in [6.07, 6.45) is 1.77. The molecule has 0 aliphatic carbocycles. The number of aryl methyl sites for hydroxylation is 1. The van der Waals surface area contributed by atoms with Crippen LogP contribution < -0.4 is 15.0 Å². The van der Waals surface area contributed by atoms with E-state index in [1.54, 1.807) is 24.6 Å². The topological polar surface area (TPSA) is 67.3 Å². The van der Waals surface area contributed by atoms with Crippen molar-refractivity contribution in [1.82, 2.24) is 9.97 Å². The molecule has 3 aromatic rings. The average molecular weight is 360 g/mol. The first kappa shape index (κ1) is 15.3. The fourth-order valence-electron chi connectivity index (χ4n) is 2.58. The quantitative estimate of drug-likeness (QED) is 0.774. The van der Waals surface area contributed by atoms with E-state index in [0.717, 1.165) is 26.0 Å². The van der Waals surface area contributed by atoms with Gasteiger partial charge in [0.2, 0.25) is 5.91 Å². The van der Waals surface area contributed by atoms with Gasteiger partial charge in [0.25, 0.3) is 0 Å². The molecule has 2 aromatic heterocycles. The fourth-order valence-corrected chi connectivity index (χ4v) is 4.26. The molecule has 0 unspecified atom stereocenters. The van der Waals surface area contributed by atoms with Crippen molar-refractivity contribution in [3.63, 3.8) is 0 Å². The number of hydrogen-bond donors (Lipinski definition) is 1. The number of thiazole rings is 2. The van der Waals surface area contributed by atoms with Gasteiger partial charge in [0.05, 0.1) is 23.2 Å². The molecular weight excluding hydrogens is 344 g/mol. The molecule has 1 saturated heterocycles. The van der Waals surface area contributed by atoms with E-state index in [2.05, 4.69) is 20.2 Å². The van der Waals surface area contributed by atoms with Crippen LogP contribution in [0.5, 0.6) is 5.75 Å². The Morgan fingerprint density at radius 3 is 2.92 bits per heavy atom. The maximum atomic E-state index is 12.2. The lowest BCUT2D eigenvalue weighted by Crippen LogP contribution is -2.52. The predicted octanol–water partition coefficient (Wildman–Crippen LogP) is 3.14. The van der Waals surface area contributed by atoms with E-state index < -0.39 is 0 Å². The van der Waals surface area contributed by atoms with Gasteiger partial charge in [-0.25, -0.2) is 9.97 Å². The van der Waals surface area contributed by atoms with Gasteiger partial charge in [0.1, 0.15) is 5.75 Å². The minimum Gasteiger partial charge on any atom is -0.497 e. The highest BCUT2D eigenvalue weighted by Gasteiger charge is 2.34. The van der Waals surface area contributed by atoms with E-state index in [-0.39, 0.29) is 11.8 Å². The third-order valence-corrected chi connectivity index (χ3v) is 5.87. The zero-order valence-corrected chi connectivity index (χ0v) is 14.9. The van der Waals surface area contributed by atoms with E-state index in [4.69, 9.17) is 4.74 Å². The summed E-state index contributed by atoms with van der Waals surface area (Å²) in [4.78, 5) is 24.3. The first-order valence-corrected chi connectivity index (χ1v) is 9.18. The van der Waals surface area contributed by atoms with Crippen molar-refractivity contribution in [2.45, 2.75) is 6.92 Å². The Morgan fingerprint density at radius 2 is 2.21 bits per heavy atom. The Kier molecular flexibility index (Phi) is 3.85. The summed E-state index contributed by atoms with van der Waals surface area (Å²) in [6.45, 7) is 3.35. The smallest absolute Gasteiger partial charge is 0.232 e. The molecule has 0 bridgehead atoms. The molecule has 1 aliphatic rings. The molecule has 4 rings (SSSR count). The van der Waals surface area contributed by atoms with Gasteiger partial charge in [-0.05, 0) is 25.1 Å². The Bertz CT molecular complexity index is 899. The van der Waals surface area contributed by atoms with Crippen LogP contribution in [-0.2, 0) is 4.79 Å². The molecule has 0 radical (unpaired) electrons. The highest BCUT2D eigenvalue weighted by atomic mass is 32.1. The second-order valence-corrected chi connectivity index (χ2v) is 7.94. The van der Waals surface area contributed by atoms with E-state index in [1.165, 1.54) is 11.3 Å². The van der Waals surface area contributed by atoms with Gasteiger partial charge in [-0.2, -0.15) is 0 Å². The van der Waals surface area contributed by atoms with Crippen LogP contribution in [-0.4, -0.2) is 36.1 Å². The first-order valence-electron chi connectivity index (χ1n) is 7.55. The molecule has 24 heavy (non-hydrogen) atoms. The number of carbonyl (C=O) groups is 1. The molecule has 3 heterocycles. The van der Waals surface area contributed by atoms with Crippen molar-refractivity contribution < 1.29 is 9.53 Å². The molecule has 124 valence electrons. The van der Waals surface area contributed by atoms with Crippen LogP contribution in [0, 0.1) is 12.8 Å². The monoisotopic (exact) mass is 360 g/mol. The molecular formula is C16H16N4O2S2.